The number of aryl methyl sites for hydroxylation is 1. The van der Waals surface area contributed by atoms with Gasteiger partial charge in [0.15, 0.2) is 0 Å². The van der Waals surface area contributed by atoms with Gasteiger partial charge in [-0.2, -0.15) is 0 Å². The average Bonchev–Trinajstić information content (AvgIpc) is 2.68. The summed E-state index contributed by atoms with van der Waals surface area (Å²) in [6.07, 6.45) is 6.05. The van der Waals surface area contributed by atoms with Crippen LogP contribution in [-0.4, -0.2) is 12.1 Å². The van der Waals surface area contributed by atoms with E-state index >= 15 is 0 Å². The Morgan fingerprint density at radius 3 is 2.85 bits per heavy atom. The molecule has 0 saturated heterocycles. The van der Waals surface area contributed by atoms with E-state index < -0.39 is 5.54 Å². The zero-order chi connectivity index (χ0) is 14.0. The Hall–Kier alpha value is -1.87. The van der Waals surface area contributed by atoms with Gasteiger partial charge in [0, 0.05) is 6.20 Å². The van der Waals surface area contributed by atoms with E-state index in [1.165, 1.54) is 17.5 Å². The van der Waals surface area contributed by atoms with Crippen LogP contribution < -0.4 is 10.5 Å². The Labute approximate surface area is 119 Å². The van der Waals surface area contributed by atoms with E-state index in [9.17, 15) is 0 Å². The van der Waals surface area contributed by atoms with Crippen LogP contribution in [0.5, 0.6) is 5.75 Å². The first-order valence-corrected chi connectivity index (χ1v) is 7.12. The zero-order valence-corrected chi connectivity index (χ0v) is 11.8. The maximum absolute atomic E-state index is 6.83. The quantitative estimate of drug-likeness (QED) is 0.852. The van der Waals surface area contributed by atoms with Crippen molar-refractivity contribution in [2.45, 2.75) is 31.2 Å². The van der Waals surface area contributed by atoms with Gasteiger partial charge in [-0.15, -0.1) is 0 Å². The van der Waals surface area contributed by atoms with Gasteiger partial charge in [0.05, 0.1) is 12.6 Å². The number of benzene rings is 1. The van der Waals surface area contributed by atoms with Crippen LogP contribution in [0.3, 0.4) is 0 Å². The van der Waals surface area contributed by atoms with Crippen LogP contribution in [0.15, 0.2) is 42.6 Å². The number of fused-ring (bicyclic) bond motifs is 1. The number of pyridine rings is 1. The summed E-state index contributed by atoms with van der Waals surface area (Å²) in [5.74, 6) is 0.770. The van der Waals surface area contributed by atoms with Crippen LogP contribution in [0, 0.1) is 0 Å². The summed E-state index contributed by atoms with van der Waals surface area (Å²) in [4.78, 5) is 4.54. The number of methoxy groups -OCH3 is 1. The van der Waals surface area contributed by atoms with Crippen LogP contribution >= 0.6 is 0 Å². The molecule has 0 radical (unpaired) electrons. The van der Waals surface area contributed by atoms with Gasteiger partial charge in [0.25, 0.3) is 0 Å². The largest absolute Gasteiger partial charge is 0.495 e. The fourth-order valence-corrected chi connectivity index (χ4v) is 3.16. The van der Waals surface area contributed by atoms with E-state index in [2.05, 4.69) is 29.2 Å². The molecule has 2 aromatic rings. The summed E-state index contributed by atoms with van der Waals surface area (Å²) in [7, 11) is 1.67. The summed E-state index contributed by atoms with van der Waals surface area (Å²) in [6, 6.07) is 12.3. The Balaban J connectivity index is 2.20. The highest BCUT2D eigenvalue weighted by atomic mass is 16.5. The Morgan fingerprint density at radius 2 is 2.00 bits per heavy atom. The number of hydrogen-bond acceptors (Lipinski definition) is 3. The molecule has 0 saturated carbocycles. The monoisotopic (exact) mass is 268 g/mol. The maximum atomic E-state index is 6.83. The van der Waals surface area contributed by atoms with Crippen LogP contribution in [0.4, 0.5) is 0 Å². The predicted octanol–water partition coefficient (Wildman–Crippen LogP) is 3.02. The summed E-state index contributed by atoms with van der Waals surface area (Å²) < 4.78 is 5.48. The summed E-state index contributed by atoms with van der Waals surface area (Å²) in [6.45, 7) is 0. The third-order valence-corrected chi connectivity index (χ3v) is 4.18. The minimum Gasteiger partial charge on any atom is -0.495 e. The summed E-state index contributed by atoms with van der Waals surface area (Å²) in [5.41, 5.74) is 9.64. The van der Waals surface area contributed by atoms with Crippen molar-refractivity contribution in [3.05, 3.63) is 59.4 Å². The minimum absolute atomic E-state index is 0.556. The van der Waals surface area contributed by atoms with Crippen molar-refractivity contribution >= 4 is 0 Å². The molecule has 1 unspecified atom stereocenters. The van der Waals surface area contributed by atoms with E-state index in [1.54, 1.807) is 13.3 Å². The van der Waals surface area contributed by atoms with Crippen molar-refractivity contribution < 1.29 is 4.74 Å². The fourth-order valence-electron chi connectivity index (χ4n) is 3.16. The van der Waals surface area contributed by atoms with E-state index in [0.717, 1.165) is 30.7 Å². The molecule has 1 aliphatic rings. The number of nitrogens with zero attached hydrogens (tertiary/aromatic N) is 1. The van der Waals surface area contributed by atoms with Crippen LogP contribution in [-0.2, 0) is 12.0 Å². The minimum atomic E-state index is -0.556. The van der Waals surface area contributed by atoms with Crippen molar-refractivity contribution in [1.82, 2.24) is 4.98 Å². The van der Waals surface area contributed by atoms with Gasteiger partial charge in [-0.3, -0.25) is 4.98 Å². The van der Waals surface area contributed by atoms with Gasteiger partial charge in [-0.05, 0) is 42.5 Å². The number of rotatable bonds is 2. The molecule has 1 aromatic carbocycles. The second-order valence-electron chi connectivity index (χ2n) is 5.39. The molecule has 0 amide bonds. The first-order chi connectivity index (χ1) is 9.75. The van der Waals surface area contributed by atoms with Crippen LogP contribution in [0.2, 0.25) is 0 Å². The van der Waals surface area contributed by atoms with Crippen molar-refractivity contribution in [2.24, 2.45) is 5.73 Å². The maximum Gasteiger partial charge on any atom is 0.142 e. The van der Waals surface area contributed by atoms with E-state index in [-0.39, 0.29) is 0 Å². The average molecular weight is 268 g/mol. The highest BCUT2D eigenvalue weighted by Crippen LogP contribution is 2.39. The summed E-state index contributed by atoms with van der Waals surface area (Å²) >= 11 is 0. The number of hydrogen-bond donors (Lipinski definition) is 1. The van der Waals surface area contributed by atoms with Gasteiger partial charge in [-0.1, -0.05) is 30.7 Å². The first-order valence-electron chi connectivity index (χ1n) is 7.12. The third kappa shape index (κ3) is 2.08. The third-order valence-electron chi connectivity index (χ3n) is 4.18. The fraction of sp³-hybridized carbons (Fsp3) is 0.353. The Kier molecular flexibility index (Phi) is 3.45. The second kappa shape index (κ2) is 5.25. The molecule has 0 bridgehead atoms. The lowest BCUT2D eigenvalue weighted by atomic mass is 9.82. The Bertz CT molecular complexity index is 611. The SMILES string of the molecule is COc1cccnc1C1(N)CCCCc2ccccc21. The van der Waals surface area contributed by atoms with Gasteiger partial charge < -0.3 is 10.5 Å². The topological polar surface area (TPSA) is 48.1 Å². The lowest BCUT2D eigenvalue weighted by Gasteiger charge is -2.31. The van der Waals surface area contributed by atoms with Gasteiger partial charge >= 0.3 is 0 Å². The van der Waals surface area contributed by atoms with E-state index in [1.807, 2.05) is 12.1 Å². The molecule has 1 atom stereocenters. The van der Waals surface area contributed by atoms with E-state index in [0.29, 0.717) is 0 Å². The molecule has 104 valence electrons. The van der Waals surface area contributed by atoms with Crippen molar-refractivity contribution in [3.63, 3.8) is 0 Å². The standard InChI is InChI=1S/C17H20N2O/c1-20-15-10-6-12-19-16(15)17(18)11-5-4-8-13-7-2-3-9-14(13)17/h2-3,6-7,9-10,12H,4-5,8,11,18H2,1H3. The van der Waals surface area contributed by atoms with Crippen LogP contribution in [0.25, 0.3) is 0 Å². The number of aromatic nitrogens is 1. The summed E-state index contributed by atoms with van der Waals surface area (Å²) in [5, 5.41) is 0. The highest BCUT2D eigenvalue weighted by Gasteiger charge is 2.36. The highest BCUT2D eigenvalue weighted by molar-refractivity contribution is 5.45. The Morgan fingerprint density at radius 1 is 1.15 bits per heavy atom. The lowest BCUT2D eigenvalue weighted by molar-refractivity contribution is 0.379. The molecule has 0 spiro atoms. The van der Waals surface area contributed by atoms with Crippen LogP contribution in [0.1, 0.15) is 36.1 Å². The lowest BCUT2D eigenvalue weighted by Crippen LogP contribution is -2.39. The molecule has 1 aliphatic carbocycles. The van der Waals surface area contributed by atoms with Gasteiger partial charge in [0.1, 0.15) is 11.4 Å². The molecule has 3 heteroatoms. The van der Waals surface area contributed by atoms with Gasteiger partial charge in [-0.25, -0.2) is 0 Å². The van der Waals surface area contributed by atoms with Crippen molar-refractivity contribution in [2.75, 3.05) is 7.11 Å². The molecule has 0 fully saturated rings. The number of ether oxygens (including phenoxy) is 1. The second-order valence-corrected chi connectivity index (χ2v) is 5.39. The van der Waals surface area contributed by atoms with Crippen molar-refractivity contribution in [1.29, 1.82) is 0 Å². The normalized spacial score (nSPS) is 21.9. The molecular weight excluding hydrogens is 248 g/mol. The van der Waals surface area contributed by atoms with Crippen molar-refractivity contribution in [3.8, 4) is 5.75 Å². The molecule has 1 aromatic heterocycles. The molecule has 3 rings (SSSR count). The van der Waals surface area contributed by atoms with E-state index in [4.69, 9.17) is 10.5 Å². The number of nitrogens with two attached hydrogens (primary N) is 1. The zero-order valence-electron chi connectivity index (χ0n) is 11.8. The molecule has 0 aliphatic heterocycles. The first kappa shape index (κ1) is 13.1. The smallest absolute Gasteiger partial charge is 0.142 e. The molecule has 2 N–H and O–H groups in total. The molecule has 1 heterocycles. The molecule has 3 nitrogen and oxygen atoms in total. The van der Waals surface area contributed by atoms with Gasteiger partial charge in [0.2, 0.25) is 0 Å². The molecule has 20 heavy (non-hydrogen) atoms. The molecular formula is C17H20N2O. The predicted molar refractivity (Wildman–Crippen MR) is 79.8 cm³/mol.